The van der Waals surface area contributed by atoms with E-state index in [1.165, 1.54) is 156 Å². The zero-order valence-electron chi connectivity index (χ0n) is 29.4. The first-order valence-electron chi connectivity index (χ1n) is 18.3. The predicted molar refractivity (Wildman–Crippen MR) is 207 cm³/mol. The number of hydrogen-bond acceptors (Lipinski definition) is 0. The van der Waals surface area contributed by atoms with Gasteiger partial charge in [0.25, 0.3) is 0 Å². The fourth-order valence-corrected chi connectivity index (χ4v) is 6.72. The molecule has 0 fully saturated rings. The van der Waals surface area contributed by atoms with Crippen molar-refractivity contribution in [1.82, 2.24) is 0 Å². The fraction of sp³-hybridized carbons (Fsp3) is 0.455. The molecule has 248 valence electrons. The summed E-state index contributed by atoms with van der Waals surface area (Å²) in [6, 6.07) is 42.0. The standard InChI is InChI=1S/C22H30ClP.C22H29.Li/c23-24-22-18-16-21(17-19-22)15-9-6-4-2-1-3-5-8-12-20-13-10-7-11-14-20;1(3-5-9-15-21-17-11-7-12-18-21)2-4-6-10-16-22-19-13-8-14-20-22;/h7,10-11,13-14,16-19,24H,1-6,8-9,12,15H2;7,11-14,17-20H,1-6,9-10,15-16H2;/q;-1;+1. The van der Waals surface area contributed by atoms with Crippen molar-refractivity contribution in [2.24, 2.45) is 0 Å². The molecule has 4 aromatic carbocycles. The third kappa shape index (κ3) is 21.7. The third-order valence-electron chi connectivity index (χ3n) is 8.90. The van der Waals surface area contributed by atoms with Gasteiger partial charge in [-0.1, -0.05) is 186 Å². The van der Waals surface area contributed by atoms with Gasteiger partial charge in [-0.25, -0.2) is 0 Å². The quantitative estimate of drug-likeness (QED) is 0.0321. The number of aryl methyl sites for hydroxylation is 4. The van der Waals surface area contributed by atoms with Gasteiger partial charge >= 0.3 is 18.9 Å². The van der Waals surface area contributed by atoms with E-state index in [2.05, 4.69) is 103 Å². The Balaban J connectivity index is 0.000000321. The summed E-state index contributed by atoms with van der Waals surface area (Å²) >= 11 is 5.85. The van der Waals surface area contributed by atoms with Crippen LogP contribution in [0.3, 0.4) is 0 Å². The van der Waals surface area contributed by atoms with E-state index in [0.29, 0.717) is 7.93 Å². The Labute approximate surface area is 307 Å². The summed E-state index contributed by atoms with van der Waals surface area (Å²) in [4.78, 5) is 0. The van der Waals surface area contributed by atoms with Gasteiger partial charge in [0, 0.05) is 7.93 Å². The molecule has 1 unspecified atom stereocenters. The topological polar surface area (TPSA) is 0 Å². The summed E-state index contributed by atoms with van der Waals surface area (Å²) in [6.45, 7) is 0. The smallest absolute Gasteiger partial charge is 0.184 e. The van der Waals surface area contributed by atoms with Gasteiger partial charge in [-0.3, -0.25) is 0 Å². The summed E-state index contributed by atoms with van der Waals surface area (Å²) in [5.74, 6) is 0. The van der Waals surface area contributed by atoms with E-state index >= 15 is 0 Å². The van der Waals surface area contributed by atoms with Crippen molar-refractivity contribution < 1.29 is 18.9 Å². The second-order valence-electron chi connectivity index (χ2n) is 12.8. The molecule has 0 bridgehead atoms. The van der Waals surface area contributed by atoms with Gasteiger partial charge in [-0.2, -0.15) is 35.9 Å². The molecule has 0 saturated heterocycles. The van der Waals surface area contributed by atoms with Crippen molar-refractivity contribution in [2.45, 2.75) is 128 Å². The van der Waals surface area contributed by atoms with Crippen molar-refractivity contribution in [2.75, 3.05) is 0 Å². The molecule has 47 heavy (non-hydrogen) atoms. The number of rotatable bonds is 23. The molecule has 1 atom stereocenters. The van der Waals surface area contributed by atoms with Gasteiger partial charge in [0.05, 0.1) is 0 Å². The average molecular weight is 661 g/mol. The summed E-state index contributed by atoms with van der Waals surface area (Å²) in [5, 5.41) is 1.24. The van der Waals surface area contributed by atoms with Crippen molar-refractivity contribution in [3.05, 3.63) is 138 Å². The van der Waals surface area contributed by atoms with Crippen molar-refractivity contribution >= 4 is 24.5 Å². The SMILES string of the molecule is ClPc1ccc(CCCCCCCCCCc2ccccc2)cc1.[Li+].[c-]1ccc(CCCCCCCCCCc2ccccc2)cc1. The second kappa shape index (κ2) is 29.1. The Bertz CT molecular complexity index is 1170. The van der Waals surface area contributed by atoms with E-state index < -0.39 is 0 Å². The summed E-state index contributed by atoms with van der Waals surface area (Å²) in [6.07, 6.45) is 27.0. The first-order valence-corrected chi connectivity index (χ1v) is 20.3. The van der Waals surface area contributed by atoms with Crippen LogP contribution in [0, 0.1) is 6.07 Å². The second-order valence-corrected chi connectivity index (χ2v) is 14.2. The van der Waals surface area contributed by atoms with Crippen LogP contribution in [0.25, 0.3) is 0 Å². The van der Waals surface area contributed by atoms with Crippen molar-refractivity contribution in [3.63, 3.8) is 0 Å². The Morgan fingerprint density at radius 2 is 0.660 bits per heavy atom. The van der Waals surface area contributed by atoms with Crippen LogP contribution < -0.4 is 24.2 Å². The number of hydrogen-bond donors (Lipinski definition) is 0. The summed E-state index contributed by atoms with van der Waals surface area (Å²) < 4.78 is 0. The number of benzene rings is 4. The van der Waals surface area contributed by atoms with Gasteiger partial charge in [0.2, 0.25) is 0 Å². The average Bonchev–Trinajstić information content (AvgIpc) is 3.12. The Kier molecular flexibility index (Phi) is 25.7. The maximum absolute atomic E-state index is 5.85. The molecule has 0 aliphatic heterocycles. The third-order valence-corrected chi connectivity index (χ3v) is 10.1. The zero-order valence-corrected chi connectivity index (χ0v) is 31.2. The molecular weight excluding hydrogens is 602 g/mol. The molecule has 0 heterocycles. The van der Waals surface area contributed by atoms with Crippen LogP contribution in [0.5, 0.6) is 0 Å². The first kappa shape index (κ1) is 41.4. The van der Waals surface area contributed by atoms with E-state index in [9.17, 15) is 0 Å². The molecule has 0 aromatic heterocycles. The van der Waals surface area contributed by atoms with E-state index in [0.717, 1.165) is 0 Å². The molecule has 4 rings (SSSR count). The van der Waals surface area contributed by atoms with Crippen LogP contribution in [0.4, 0.5) is 0 Å². The Hall–Kier alpha value is -1.80. The van der Waals surface area contributed by atoms with Crippen LogP contribution >= 0.6 is 19.2 Å². The number of unbranched alkanes of at least 4 members (excludes halogenated alkanes) is 14. The molecule has 0 radical (unpaired) electrons. The minimum Gasteiger partial charge on any atom is -0.184 e. The van der Waals surface area contributed by atoms with Crippen molar-refractivity contribution in [1.29, 1.82) is 0 Å². The largest absolute Gasteiger partial charge is 1.00 e. The molecule has 0 N–H and O–H groups in total. The Morgan fingerprint density at radius 3 is 1.00 bits per heavy atom. The van der Waals surface area contributed by atoms with Crippen LogP contribution in [0.1, 0.15) is 125 Å². The molecule has 0 aliphatic rings. The fourth-order valence-electron chi connectivity index (χ4n) is 6.05. The van der Waals surface area contributed by atoms with Gasteiger partial charge in [0.1, 0.15) is 0 Å². The van der Waals surface area contributed by atoms with E-state index in [4.69, 9.17) is 11.2 Å². The molecule has 0 nitrogen and oxygen atoms in total. The zero-order chi connectivity index (χ0) is 32.2. The normalized spacial score (nSPS) is 10.8. The monoisotopic (exact) mass is 660 g/mol. The van der Waals surface area contributed by atoms with Crippen LogP contribution in [-0.2, 0) is 25.7 Å². The summed E-state index contributed by atoms with van der Waals surface area (Å²) in [7, 11) is 0.392. The molecule has 0 aliphatic carbocycles. The maximum Gasteiger partial charge on any atom is 1.00 e. The maximum atomic E-state index is 5.85. The molecular formula is C44H59ClLiP. The van der Waals surface area contributed by atoms with Gasteiger partial charge in [-0.05, 0) is 60.5 Å². The Morgan fingerprint density at radius 1 is 0.362 bits per heavy atom. The van der Waals surface area contributed by atoms with Crippen molar-refractivity contribution in [3.8, 4) is 0 Å². The molecule has 3 heteroatoms. The minimum atomic E-state index is 0. The predicted octanol–water partition coefficient (Wildman–Crippen LogP) is 10.4. The molecule has 0 amide bonds. The minimum absolute atomic E-state index is 0. The number of halogens is 1. The van der Waals surface area contributed by atoms with E-state index in [1.54, 1.807) is 0 Å². The van der Waals surface area contributed by atoms with Crippen LogP contribution in [0.15, 0.2) is 109 Å². The van der Waals surface area contributed by atoms with Gasteiger partial charge in [0.15, 0.2) is 0 Å². The molecule has 0 spiro atoms. The van der Waals surface area contributed by atoms with E-state index in [1.807, 2.05) is 12.1 Å². The molecule has 0 saturated carbocycles. The van der Waals surface area contributed by atoms with Gasteiger partial charge in [-0.15, -0.1) is 0 Å². The molecule has 4 aromatic rings. The van der Waals surface area contributed by atoms with Crippen LogP contribution in [0.2, 0.25) is 0 Å². The van der Waals surface area contributed by atoms with E-state index in [-0.39, 0.29) is 18.9 Å². The van der Waals surface area contributed by atoms with Gasteiger partial charge < -0.3 is 0 Å². The first-order chi connectivity index (χ1) is 22.8. The van der Waals surface area contributed by atoms with Crippen LogP contribution in [-0.4, -0.2) is 0 Å². The summed E-state index contributed by atoms with van der Waals surface area (Å²) in [5.41, 5.74) is 5.88.